The molecule has 1 aliphatic rings. The minimum Gasteiger partial charge on any atom is -0.507 e. The van der Waals surface area contributed by atoms with Crippen LogP contribution in [0.1, 0.15) is 6.42 Å². The summed E-state index contributed by atoms with van der Waals surface area (Å²) < 4.78 is 16.5. The van der Waals surface area contributed by atoms with Crippen LogP contribution in [0.15, 0.2) is 24.3 Å². The Labute approximate surface area is 151 Å². The van der Waals surface area contributed by atoms with Crippen molar-refractivity contribution in [1.82, 2.24) is 4.90 Å². The highest BCUT2D eigenvalue weighted by atomic mass is 16.6. The van der Waals surface area contributed by atoms with Gasteiger partial charge in [0.05, 0.1) is 37.2 Å². The Kier molecular flexibility index (Phi) is 5.75. The van der Waals surface area contributed by atoms with Crippen molar-refractivity contribution in [3.63, 3.8) is 0 Å². The number of hydrogen-bond donors (Lipinski definition) is 1. The van der Waals surface area contributed by atoms with Gasteiger partial charge >= 0.3 is 0 Å². The maximum absolute atomic E-state index is 11.2. The van der Waals surface area contributed by atoms with Crippen LogP contribution in [0, 0.1) is 10.1 Å². The minimum atomic E-state index is -0.482. The summed E-state index contributed by atoms with van der Waals surface area (Å²) in [6.45, 7) is 4.77. The van der Waals surface area contributed by atoms with Crippen molar-refractivity contribution in [1.29, 1.82) is 0 Å². The maximum Gasteiger partial charge on any atom is 0.277 e. The molecule has 1 saturated heterocycles. The molecule has 8 nitrogen and oxygen atoms in total. The van der Waals surface area contributed by atoms with E-state index in [1.165, 1.54) is 25.3 Å². The van der Waals surface area contributed by atoms with Gasteiger partial charge in [0, 0.05) is 31.1 Å². The van der Waals surface area contributed by atoms with Gasteiger partial charge < -0.3 is 19.3 Å². The van der Waals surface area contributed by atoms with Crippen molar-refractivity contribution >= 4 is 16.5 Å². The second-order valence-corrected chi connectivity index (χ2v) is 6.07. The van der Waals surface area contributed by atoms with Gasteiger partial charge in [-0.25, -0.2) is 0 Å². The highest BCUT2D eigenvalue weighted by Gasteiger charge is 2.18. The smallest absolute Gasteiger partial charge is 0.277 e. The number of benzene rings is 2. The molecule has 2 aromatic carbocycles. The van der Waals surface area contributed by atoms with E-state index < -0.39 is 4.92 Å². The van der Waals surface area contributed by atoms with Crippen molar-refractivity contribution in [2.24, 2.45) is 0 Å². The standard InChI is InChI=1S/C18H22N2O6/c1-24-17-11-13-14(16(21)4-3-15(13)20(22)23)12-18(17)26-8-2-5-19-6-9-25-10-7-19/h3-4,11-12,21H,2,5-10H2,1H3. The fourth-order valence-corrected chi connectivity index (χ4v) is 3.05. The number of phenols is 1. The predicted octanol–water partition coefficient (Wildman–Crippen LogP) is 2.56. The molecular weight excluding hydrogens is 340 g/mol. The molecule has 2 aromatic rings. The van der Waals surface area contributed by atoms with Crippen LogP contribution < -0.4 is 9.47 Å². The second kappa shape index (κ2) is 8.20. The summed E-state index contributed by atoms with van der Waals surface area (Å²) in [6, 6.07) is 5.71. The Morgan fingerprint density at radius 1 is 1.23 bits per heavy atom. The molecule has 0 saturated carbocycles. The molecule has 0 bridgehead atoms. The Balaban J connectivity index is 1.75. The number of aromatic hydroxyl groups is 1. The monoisotopic (exact) mass is 362 g/mol. The van der Waals surface area contributed by atoms with E-state index in [-0.39, 0.29) is 11.4 Å². The first-order valence-electron chi connectivity index (χ1n) is 8.51. The van der Waals surface area contributed by atoms with Crippen LogP contribution >= 0.6 is 0 Å². The van der Waals surface area contributed by atoms with E-state index in [9.17, 15) is 15.2 Å². The van der Waals surface area contributed by atoms with E-state index in [2.05, 4.69) is 4.90 Å². The number of nitro benzene ring substituents is 1. The normalized spacial score (nSPS) is 15.1. The third-order valence-corrected chi connectivity index (χ3v) is 4.43. The third-order valence-electron chi connectivity index (χ3n) is 4.43. The van der Waals surface area contributed by atoms with Gasteiger partial charge in [-0.3, -0.25) is 15.0 Å². The second-order valence-electron chi connectivity index (χ2n) is 6.07. The van der Waals surface area contributed by atoms with Crippen LogP contribution in [0.25, 0.3) is 10.8 Å². The molecule has 0 aromatic heterocycles. The average molecular weight is 362 g/mol. The van der Waals surface area contributed by atoms with Crippen LogP contribution in [0.2, 0.25) is 0 Å². The zero-order chi connectivity index (χ0) is 18.5. The number of rotatable bonds is 7. The van der Waals surface area contributed by atoms with Crippen LogP contribution in [-0.4, -0.2) is 61.5 Å². The van der Waals surface area contributed by atoms with Crippen LogP contribution in [0.4, 0.5) is 5.69 Å². The molecule has 140 valence electrons. The molecule has 0 atom stereocenters. The van der Waals surface area contributed by atoms with Gasteiger partial charge in [0.25, 0.3) is 5.69 Å². The topological polar surface area (TPSA) is 94.3 Å². The Hall–Kier alpha value is -2.58. The summed E-state index contributed by atoms with van der Waals surface area (Å²) in [4.78, 5) is 13.0. The molecule has 1 fully saturated rings. The van der Waals surface area contributed by atoms with E-state index in [0.29, 0.717) is 28.9 Å². The first-order valence-corrected chi connectivity index (χ1v) is 8.51. The Morgan fingerprint density at radius 3 is 2.65 bits per heavy atom. The molecule has 1 N–H and O–H groups in total. The maximum atomic E-state index is 11.2. The largest absolute Gasteiger partial charge is 0.507 e. The number of nitro groups is 1. The minimum absolute atomic E-state index is 0.0357. The lowest BCUT2D eigenvalue weighted by Crippen LogP contribution is -2.37. The van der Waals surface area contributed by atoms with Crippen LogP contribution in [-0.2, 0) is 4.74 Å². The van der Waals surface area contributed by atoms with Crippen molar-refractivity contribution in [2.45, 2.75) is 6.42 Å². The summed E-state index contributed by atoms with van der Waals surface area (Å²) in [5.74, 6) is 0.821. The molecule has 26 heavy (non-hydrogen) atoms. The van der Waals surface area contributed by atoms with E-state index in [1.54, 1.807) is 6.07 Å². The van der Waals surface area contributed by atoms with E-state index in [0.717, 1.165) is 39.3 Å². The van der Waals surface area contributed by atoms with Gasteiger partial charge in [0.1, 0.15) is 5.75 Å². The summed E-state index contributed by atoms with van der Waals surface area (Å²) in [6.07, 6.45) is 0.835. The fourth-order valence-electron chi connectivity index (χ4n) is 3.05. The highest BCUT2D eigenvalue weighted by molar-refractivity contribution is 5.97. The molecular formula is C18H22N2O6. The fraction of sp³-hybridized carbons (Fsp3) is 0.444. The number of fused-ring (bicyclic) bond motifs is 1. The van der Waals surface area contributed by atoms with Gasteiger partial charge in [-0.2, -0.15) is 0 Å². The third kappa shape index (κ3) is 3.97. The summed E-state index contributed by atoms with van der Waals surface area (Å²) in [5, 5.41) is 22.0. The van der Waals surface area contributed by atoms with Crippen molar-refractivity contribution in [3.05, 3.63) is 34.4 Å². The molecule has 1 aliphatic heterocycles. The highest BCUT2D eigenvalue weighted by Crippen LogP contribution is 2.40. The van der Waals surface area contributed by atoms with E-state index in [1.807, 2.05) is 0 Å². The number of morpholine rings is 1. The molecule has 3 rings (SSSR count). The number of non-ortho nitro benzene ring substituents is 1. The quantitative estimate of drug-likeness (QED) is 0.459. The summed E-state index contributed by atoms with van der Waals surface area (Å²) >= 11 is 0. The summed E-state index contributed by atoms with van der Waals surface area (Å²) in [5.41, 5.74) is -0.0880. The summed E-state index contributed by atoms with van der Waals surface area (Å²) in [7, 11) is 1.48. The van der Waals surface area contributed by atoms with Gasteiger partial charge in [-0.05, 0) is 24.6 Å². The Bertz CT molecular complexity index is 789. The molecule has 8 heteroatoms. The van der Waals surface area contributed by atoms with Gasteiger partial charge in [-0.15, -0.1) is 0 Å². The lowest BCUT2D eigenvalue weighted by Gasteiger charge is -2.26. The Morgan fingerprint density at radius 2 is 1.96 bits per heavy atom. The predicted molar refractivity (Wildman–Crippen MR) is 96.2 cm³/mol. The van der Waals surface area contributed by atoms with Gasteiger partial charge in [0.2, 0.25) is 0 Å². The van der Waals surface area contributed by atoms with Crippen LogP contribution in [0.3, 0.4) is 0 Å². The number of phenolic OH excluding ortho intramolecular Hbond substituents is 1. The van der Waals surface area contributed by atoms with Crippen molar-refractivity contribution in [2.75, 3.05) is 46.6 Å². The van der Waals surface area contributed by atoms with E-state index >= 15 is 0 Å². The van der Waals surface area contributed by atoms with Crippen LogP contribution in [0.5, 0.6) is 17.2 Å². The molecule has 0 spiro atoms. The average Bonchev–Trinajstić information content (AvgIpc) is 2.65. The zero-order valence-electron chi connectivity index (χ0n) is 14.6. The first kappa shape index (κ1) is 18.2. The van der Waals surface area contributed by atoms with E-state index in [4.69, 9.17) is 14.2 Å². The lowest BCUT2D eigenvalue weighted by molar-refractivity contribution is -0.383. The zero-order valence-corrected chi connectivity index (χ0v) is 14.6. The molecule has 0 aliphatic carbocycles. The van der Waals surface area contributed by atoms with Gasteiger partial charge in [0.15, 0.2) is 11.5 Å². The SMILES string of the molecule is COc1cc2c([N+](=O)[O-])ccc(O)c2cc1OCCCN1CCOCC1. The lowest BCUT2D eigenvalue weighted by atomic mass is 10.1. The number of ether oxygens (including phenoxy) is 3. The molecule has 0 radical (unpaired) electrons. The van der Waals surface area contributed by atoms with Crippen molar-refractivity contribution in [3.8, 4) is 17.2 Å². The van der Waals surface area contributed by atoms with Crippen molar-refractivity contribution < 1.29 is 24.2 Å². The number of nitrogens with zero attached hydrogens (tertiary/aromatic N) is 2. The number of hydrogen-bond acceptors (Lipinski definition) is 7. The number of methoxy groups -OCH3 is 1. The molecule has 1 heterocycles. The molecule has 0 amide bonds. The van der Waals surface area contributed by atoms with Gasteiger partial charge in [-0.1, -0.05) is 0 Å². The molecule has 0 unspecified atom stereocenters. The first-order chi connectivity index (χ1) is 12.6.